The summed E-state index contributed by atoms with van der Waals surface area (Å²) in [5.41, 5.74) is 5.03. The summed E-state index contributed by atoms with van der Waals surface area (Å²) in [4.78, 5) is 17.0. The molecule has 1 aromatic carbocycles. The molecule has 1 amide bonds. The molecular weight excluding hydrogens is 338 g/mol. The first-order valence-electron chi connectivity index (χ1n) is 9.17. The Kier molecular flexibility index (Phi) is 5.69. The monoisotopic (exact) mass is 363 g/mol. The maximum Gasteiger partial charge on any atom is 0.290 e. The number of rotatable bonds is 6. The highest BCUT2D eigenvalue weighted by Crippen LogP contribution is 2.26. The van der Waals surface area contributed by atoms with E-state index in [2.05, 4.69) is 42.3 Å². The van der Waals surface area contributed by atoms with Crippen molar-refractivity contribution in [3.8, 4) is 0 Å². The van der Waals surface area contributed by atoms with Crippen LogP contribution in [0.4, 0.5) is 0 Å². The number of aromatic nitrogens is 2. The first-order chi connectivity index (χ1) is 12.9. The number of nitrogens with zero attached hydrogens (tertiary/aromatic N) is 2. The molecule has 0 bridgehead atoms. The van der Waals surface area contributed by atoms with Crippen molar-refractivity contribution in [2.45, 2.75) is 40.2 Å². The third kappa shape index (κ3) is 4.61. The van der Waals surface area contributed by atoms with Gasteiger partial charge in [-0.05, 0) is 48.9 Å². The normalized spacial score (nSPS) is 12.2. The van der Waals surface area contributed by atoms with Gasteiger partial charge in [0.15, 0.2) is 0 Å². The summed E-state index contributed by atoms with van der Waals surface area (Å²) in [5.74, 6) is 0.389. The van der Waals surface area contributed by atoms with Crippen molar-refractivity contribution in [2.75, 3.05) is 0 Å². The Labute approximate surface area is 159 Å². The predicted octanol–water partition coefficient (Wildman–Crippen LogP) is 4.40. The summed E-state index contributed by atoms with van der Waals surface area (Å²) in [6.45, 7) is 8.31. The molecule has 0 radical (unpaired) electrons. The summed E-state index contributed by atoms with van der Waals surface area (Å²) >= 11 is 0. The molecule has 2 aromatic heterocycles. The number of nitrogens with one attached hydrogen (secondary N) is 1. The van der Waals surface area contributed by atoms with E-state index >= 15 is 0 Å². The minimum absolute atomic E-state index is 0.226. The molecule has 27 heavy (non-hydrogen) atoms. The topological polar surface area (TPSA) is 68.0 Å². The fourth-order valence-electron chi connectivity index (χ4n) is 3.17. The highest BCUT2D eigenvalue weighted by Gasteiger charge is 2.22. The second-order valence-corrected chi connectivity index (χ2v) is 7.33. The lowest BCUT2D eigenvalue weighted by molar-refractivity contribution is 0.0905. The molecule has 5 heteroatoms. The molecule has 0 aliphatic carbocycles. The van der Waals surface area contributed by atoms with Crippen LogP contribution in [-0.4, -0.2) is 16.0 Å². The zero-order valence-corrected chi connectivity index (χ0v) is 16.2. The van der Waals surface area contributed by atoms with Crippen molar-refractivity contribution in [3.05, 3.63) is 82.5 Å². The molecule has 5 nitrogen and oxygen atoms in total. The molecular formula is C22H25N3O2. The lowest BCUT2D eigenvalue weighted by atomic mass is 9.94. The van der Waals surface area contributed by atoms with Crippen LogP contribution >= 0.6 is 0 Å². The number of carbonyl (C=O) groups excluding carboxylic acids is 1. The molecule has 0 aliphatic rings. The van der Waals surface area contributed by atoms with Crippen LogP contribution in [-0.2, 0) is 6.42 Å². The second kappa shape index (κ2) is 8.16. The van der Waals surface area contributed by atoms with Gasteiger partial charge < -0.3 is 9.84 Å². The van der Waals surface area contributed by atoms with E-state index in [1.807, 2.05) is 31.2 Å². The fourth-order valence-corrected chi connectivity index (χ4v) is 3.17. The number of aryl methyl sites for hydroxylation is 2. The van der Waals surface area contributed by atoms with E-state index in [9.17, 15) is 4.79 Å². The van der Waals surface area contributed by atoms with Crippen molar-refractivity contribution in [1.82, 2.24) is 15.5 Å². The van der Waals surface area contributed by atoms with Gasteiger partial charge >= 0.3 is 0 Å². The van der Waals surface area contributed by atoms with E-state index in [0.717, 1.165) is 28.8 Å². The van der Waals surface area contributed by atoms with Crippen LogP contribution in [0, 0.1) is 19.8 Å². The third-order valence-electron chi connectivity index (χ3n) is 4.43. The van der Waals surface area contributed by atoms with Gasteiger partial charge in [-0.15, -0.1) is 0 Å². The summed E-state index contributed by atoms with van der Waals surface area (Å²) in [5, 5.41) is 7.09. The lowest BCUT2D eigenvalue weighted by Crippen LogP contribution is -2.29. The van der Waals surface area contributed by atoms with Gasteiger partial charge in [0.1, 0.15) is 0 Å². The smallest absolute Gasteiger partial charge is 0.290 e. The Bertz CT molecular complexity index is 916. The van der Waals surface area contributed by atoms with Crippen LogP contribution < -0.4 is 5.32 Å². The van der Waals surface area contributed by atoms with Gasteiger partial charge in [0, 0.05) is 18.5 Å². The summed E-state index contributed by atoms with van der Waals surface area (Å²) in [6, 6.07) is 11.4. The number of carbonyl (C=O) groups is 1. The van der Waals surface area contributed by atoms with E-state index in [-0.39, 0.29) is 17.7 Å². The highest BCUT2D eigenvalue weighted by molar-refractivity contribution is 5.92. The zero-order valence-electron chi connectivity index (χ0n) is 16.2. The molecule has 2 heterocycles. The van der Waals surface area contributed by atoms with Crippen LogP contribution in [0.15, 0.2) is 53.3 Å². The fraction of sp³-hybridized carbons (Fsp3) is 0.318. The lowest BCUT2D eigenvalue weighted by Gasteiger charge is -2.21. The van der Waals surface area contributed by atoms with E-state index in [4.69, 9.17) is 4.52 Å². The van der Waals surface area contributed by atoms with E-state index in [0.29, 0.717) is 5.92 Å². The average molecular weight is 363 g/mol. The Morgan fingerprint density at radius 3 is 2.67 bits per heavy atom. The molecule has 0 unspecified atom stereocenters. The van der Waals surface area contributed by atoms with Gasteiger partial charge in [-0.25, -0.2) is 0 Å². The number of pyridine rings is 1. The van der Waals surface area contributed by atoms with Crippen LogP contribution in [0.2, 0.25) is 0 Å². The molecule has 0 saturated carbocycles. The van der Waals surface area contributed by atoms with Gasteiger partial charge in [-0.1, -0.05) is 48.8 Å². The molecule has 3 rings (SSSR count). The van der Waals surface area contributed by atoms with Crippen molar-refractivity contribution in [1.29, 1.82) is 0 Å². The zero-order chi connectivity index (χ0) is 19.4. The summed E-state index contributed by atoms with van der Waals surface area (Å²) in [6.07, 6.45) is 4.27. The number of benzene rings is 1. The van der Waals surface area contributed by atoms with Gasteiger partial charge in [0.05, 0.1) is 11.7 Å². The second-order valence-electron chi connectivity index (χ2n) is 7.33. The van der Waals surface area contributed by atoms with E-state index in [1.165, 1.54) is 5.56 Å². The number of amides is 1. The van der Waals surface area contributed by atoms with Crippen molar-refractivity contribution < 1.29 is 9.32 Å². The largest absolute Gasteiger partial charge is 0.351 e. The van der Waals surface area contributed by atoms with Crippen LogP contribution in [0.25, 0.3) is 0 Å². The van der Waals surface area contributed by atoms with E-state index in [1.54, 1.807) is 18.5 Å². The molecule has 140 valence electrons. The standard InChI is InChI=1S/C22H25N3O2/c1-14(2)10-18-12-20(27-25-18)22(26)24-21(17-6-5-9-23-13-17)19-8-7-15(3)11-16(19)4/h5-9,11-14,21H,10H2,1-4H3,(H,24,26)/t21-/m1/s1. The van der Waals surface area contributed by atoms with Gasteiger partial charge in [-0.3, -0.25) is 9.78 Å². The molecule has 1 N–H and O–H groups in total. The molecule has 0 aliphatic heterocycles. The molecule has 3 aromatic rings. The first-order valence-corrected chi connectivity index (χ1v) is 9.17. The Morgan fingerprint density at radius 2 is 2.00 bits per heavy atom. The molecule has 0 spiro atoms. The van der Waals surface area contributed by atoms with Gasteiger partial charge in [-0.2, -0.15) is 0 Å². The van der Waals surface area contributed by atoms with Crippen molar-refractivity contribution in [2.24, 2.45) is 5.92 Å². The minimum Gasteiger partial charge on any atom is -0.351 e. The van der Waals surface area contributed by atoms with E-state index < -0.39 is 0 Å². The van der Waals surface area contributed by atoms with Crippen LogP contribution in [0.5, 0.6) is 0 Å². The average Bonchev–Trinajstić information content (AvgIpc) is 3.09. The van der Waals surface area contributed by atoms with Crippen LogP contribution in [0.3, 0.4) is 0 Å². The minimum atomic E-state index is -0.314. The Morgan fingerprint density at radius 1 is 1.19 bits per heavy atom. The highest BCUT2D eigenvalue weighted by atomic mass is 16.5. The number of hydrogen-bond acceptors (Lipinski definition) is 4. The summed E-state index contributed by atoms with van der Waals surface area (Å²) < 4.78 is 5.27. The summed E-state index contributed by atoms with van der Waals surface area (Å²) in [7, 11) is 0. The molecule has 0 saturated heterocycles. The van der Waals surface area contributed by atoms with Gasteiger partial charge in [0.2, 0.25) is 5.76 Å². The maximum atomic E-state index is 12.8. The quantitative estimate of drug-likeness (QED) is 0.705. The molecule has 0 fully saturated rings. The predicted molar refractivity (Wildman–Crippen MR) is 105 cm³/mol. The van der Waals surface area contributed by atoms with Gasteiger partial charge in [0.25, 0.3) is 5.91 Å². The van der Waals surface area contributed by atoms with Crippen molar-refractivity contribution in [3.63, 3.8) is 0 Å². The van der Waals surface area contributed by atoms with Crippen molar-refractivity contribution >= 4 is 5.91 Å². The Hall–Kier alpha value is -2.95. The first kappa shape index (κ1) is 18.8. The Balaban J connectivity index is 1.90. The van der Waals surface area contributed by atoms with Crippen LogP contribution in [0.1, 0.15) is 58.4 Å². The molecule has 1 atom stereocenters. The third-order valence-corrected chi connectivity index (χ3v) is 4.43. The SMILES string of the molecule is Cc1ccc([C@H](NC(=O)c2cc(CC(C)C)no2)c2cccnc2)c(C)c1. The number of hydrogen-bond donors (Lipinski definition) is 1. The maximum absolute atomic E-state index is 12.8.